The van der Waals surface area contributed by atoms with E-state index in [1.807, 2.05) is 0 Å². The van der Waals surface area contributed by atoms with Crippen LogP contribution in [0, 0.1) is 0 Å². The third-order valence-electron chi connectivity index (χ3n) is 0.655. The van der Waals surface area contributed by atoms with Gasteiger partial charge in [-0.1, -0.05) is 24.3 Å². The molecule has 1 aliphatic rings. The van der Waals surface area contributed by atoms with E-state index in [2.05, 4.69) is 38.2 Å². The smallest absolute Gasteiger partial charge is 1.00 e. The molecule has 0 amide bonds. The SMILES string of the molecule is C1=CCC=C1.C[CH](C)[Zr+2].[Cl-].[Cl-]. The fourth-order valence-corrected chi connectivity index (χ4v) is 0.393. The molecule has 63 valence electrons. The number of rotatable bonds is 0. The molecule has 0 nitrogen and oxygen atoms in total. The summed E-state index contributed by atoms with van der Waals surface area (Å²) >= 11 is 1.64. The third kappa shape index (κ3) is 24.8. The zero-order chi connectivity index (χ0) is 7.11. The maximum Gasteiger partial charge on any atom is -1.00 e. The van der Waals surface area contributed by atoms with Crippen LogP contribution in [0.15, 0.2) is 24.3 Å². The molecule has 0 unspecified atom stereocenters. The summed E-state index contributed by atoms with van der Waals surface area (Å²) in [6.07, 6.45) is 9.50. The maximum atomic E-state index is 2.21. The van der Waals surface area contributed by atoms with Crippen LogP contribution in [0.1, 0.15) is 20.3 Å². The van der Waals surface area contributed by atoms with E-state index in [0.29, 0.717) is 0 Å². The van der Waals surface area contributed by atoms with Crippen molar-refractivity contribution in [2.24, 2.45) is 0 Å². The van der Waals surface area contributed by atoms with Crippen LogP contribution in [0.4, 0.5) is 0 Å². The Morgan fingerprint density at radius 2 is 1.36 bits per heavy atom. The standard InChI is InChI=1S/C5H6.C3H7.2ClH.Zr/c1-2-4-5-3-1;1-3-2;;;/h1-4H,5H2;3H,1-2H3;2*1H;/q;;;;+2/p-2. The molecule has 0 radical (unpaired) electrons. The average Bonchev–Trinajstić information content (AvgIpc) is 2.11. The monoisotopic (exact) mass is 269 g/mol. The summed E-state index contributed by atoms with van der Waals surface area (Å²) in [5.41, 5.74) is 0. The summed E-state index contributed by atoms with van der Waals surface area (Å²) < 4.78 is 0.923. The van der Waals surface area contributed by atoms with Gasteiger partial charge >= 0.3 is 42.2 Å². The Bertz CT molecular complexity index is 95.9. The van der Waals surface area contributed by atoms with Gasteiger partial charge in [0.1, 0.15) is 0 Å². The van der Waals surface area contributed by atoms with Gasteiger partial charge in [0.2, 0.25) is 0 Å². The summed E-state index contributed by atoms with van der Waals surface area (Å²) in [5.74, 6) is 0. The van der Waals surface area contributed by atoms with Crippen LogP contribution >= 0.6 is 0 Å². The van der Waals surface area contributed by atoms with E-state index in [1.165, 1.54) is 0 Å². The topological polar surface area (TPSA) is 0 Å². The molecule has 0 N–H and O–H groups in total. The molecule has 0 aliphatic heterocycles. The second-order valence-corrected chi connectivity index (χ2v) is 5.09. The molecule has 0 saturated heterocycles. The molecule has 0 bridgehead atoms. The minimum atomic E-state index is 0. The molecule has 0 aromatic carbocycles. The summed E-state index contributed by atoms with van der Waals surface area (Å²) in [4.78, 5) is 0. The fraction of sp³-hybridized carbons (Fsp3) is 0.500. The minimum absolute atomic E-state index is 0. The predicted octanol–water partition coefficient (Wildman–Crippen LogP) is -3.13. The Kier molecular flexibility index (Phi) is 22.0. The Morgan fingerprint density at radius 1 is 1.09 bits per heavy atom. The van der Waals surface area contributed by atoms with Gasteiger partial charge in [0.25, 0.3) is 0 Å². The number of hydrogen-bond donors (Lipinski definition) is 0. The van der Waals surface area contributed by atoms with Gasteiger partial charge in [0.05, 0.1) is 0 Å². The van der Waals surface area contributed by atoms with Crippen LogP contribution in [0.25, 0.3) is 0 Å². The van der Waals surface area contributed by atoms with Gasteiger partial charge in [-0.3, -0.25) is 0 Å². The summed E-state index contributed by atoms with van der Waals surface area (Å²) in [5, 5.41) is 0. The quantitative estimate of drug-likeness (QED) is 0.437. The van der Waals surface area contributed by atoms with Gasteiger partial charge in [0.15, 0.2) is 0 Å². The molecule has 0 saturated carbocycles. The van der Waals surface area contributed by atoms with Crippen molar-refractivity contribution in [2.75, 3.05) is 0 Å². The molecule has 0 fully saturated rings. The van der Waals surface area contributed by atoms with Crippen LogP contribution in [0.2, 0.25) is 3.63 Å². The molecule has 11 heavy (non-hydrogen) atoms. The predicted molar refractivity (Wildman–Crippen MR) is 38.0 cm³/mol. The molecule has 1 rings (SSSR count). The number of hydrogen-bond acceptors (Lipinski definition) is 0. The minimum Gasteiger partial charge on any atom is -1.00 e. The Balaban J connectivity index is -0.000000101. The molecule has 0 aromatic heterocycles. The first-order valence-electron chi connectivity index (χ1n) is 3.26. The van der Waals surface area contributed by atoms with Gasteiger partial charge in [-0.2, -0.15) is 0 Å². The van der Waals surface area contributed by atoms with Crippen molar-refractivity contribution in [2.45, 2.75) is 23.9 Å². The Labute approximate surface area is 97.2 Å². The van der Waals surface area contributed by atoms with E-state index in [4.69, 9.17) is 0 Å². The normalized spacial score (nSPS) is 11.4. The van der Waals surface area contributed by atoms with Crippen LogP contribution in [0.3, 0.4) is 0 Å². The molecular weight excluding hydrogens is 258 g/mol. The van der Waals surface area contributed by atoms with Crippen LogP contribution in [-0.4, -0.2) is 0 Å². The molecule has 1 aliphatic carbocycles. The zero-order valence-electron chi connectivity index (χ0n) is 6.85. The first-order chi connectivity index (χ1) is 4.23. The van der Waals surface area contributed by atoms with Crippen LogP contribution in [0.5, 0.6) is 0 Å². The molecule has 0 aromatic rings. The van der Waals surface area contributed by atoms with E-state index >= 15 is 0 Å². The van der Waals surface area contributed by atoms with Crippen molar-refractivity contribution in [3.63, 3.8) is 0 Å². The maximum absolute atomic E-state index is 2.21. The fourth-order valence-electron chi connectivity index (χ4n) is 0.393. The second-order valence-electron chi connectivity index (χ2n) is 2.25. The van der Waals surface area contributed by atoms with Crippen molar-refractivity contribution in [1.29, 1.82) is 0 Å². The first-order valence-corrected chi connectivity index (χ1v) is 4.68. The van der Waals surface area contributed by atoms with Crippen molar-refractivity contribution >= 4 is 0 Å². The molecule has 0 heterocycles. The average molecular weight is 271 g/mol. The van der Waals surface area contributed by atoms with Crippen LogP contribution < -0.4 is 24.8 Å². The largest absolute Gasteiger partial charge is 1.00 e. The van der Waals surface area contributed by atoms with E-state index in [-0.39, 0.29) is 24.8 Å². The van der Waals surface area contributed by atoms with Gasteiger partial charge < -0.3 is 24.8 Å². The van der Waals surface area contributed by atoms with Gasteiger partial charge in [-0.25, -0.2) is 0 Å². The number of allylic oxidation sites excluding steroid dienone is 4. The summed E-state index contributed by atoms with van der Waals surface area (Å²) in [7, 11) is 0. The summed E-state index contributed by atoms with van der Waals surface area (Å²) in [6, 6.07) is 0. The molecule has 0 spiro atoms. The summed E-state index contributed by atoms with van der Waals surface area (Å²) in [6.45, 7) is 4.41. The molecule has 0 atom stereocenters. The van der Waals surface area contributed by atoms with Gasteiger partial charge in [0, 0.05) is 0 Å². The Hall–Kier alpha value is 0.943. The Morgan fingerprint density at radius 3 is 1.45 bits per heavy atom. The molecule has 3 heteroatoms. The van der Waals surface area contributed by atoms with Crippen LogP contribution in [-0.2, 0) is 24.7 Å². The van der Waals surface area contributed by atoms with E-state index in [0.717, 1.165) is 10.0 Å². The number of halogens is 2. The van der Waals surface area contributed by atoms with Crippen molar-refractivity contribution in [1.82, 2.24) is 0 Å². The van der Waals surface area contributed by atoms with E-state index in [9.17, 15) is 0 Å². The van der Waals surface area contributed by atoms with Crippen molar-refractivity contribution in [3.05, 3.63) is 24.3 Å². The molecular formula is C8H13Cl2Zr. The van der Waals surface area contributed by atoms with Crippen molar-refractivity contribution < 1.29 is 49.5 Å². The van der Waals surface area contributed by atoms with Crippen molar-refractivity contribution in [3.8, 4) is 0 Å². The third-order valence-corrected chi connectivity index (χ3v) is 0.655. The zero-order valence-corrected chi connectivity index (χ0v) is 10.8. The van der Waals surface area contributed by atoms with Gasteiger partial charge in [-0.15, -0.1) is 0 Å². The van der Waals surface area contributed by atoms with E-state index in [1.54, 1.807) is 24.7 Å². The van der Waals surface area contributed by atoms with Gasteiger partial charge in [-0.05, 0) is 6.42 Å². The van der Waals surface area contributed by atoms with E-state index < -0.39 is 0 Å². The second kappa shape index (κ2) is 13.5. The first kappa shape index (κ1) is 17.9.